The molecule has 24 aliphatic rings. The number of fused-ring (bicyclic) bond motifs is 19. The molecule has 0 radical (unpaired) electrons. The number of esters is 4. The third kappa shape index (κ3) is 11.1. The lowest BCUT2D eigenvalue weighted by Crippen LogP contribution is -2.72. The lowest BCUT2D eigenvalue weighted by Gasteiger charge is -2.69. The largest absolute Gasteiger partial charge is 0.521 e. The maximum atomic E-state index is 14.7. The fourth-order valence-corrected chi connectivity index (χ4v) is 43.4. The molecule has 16 fully saturated rings. The number of hydrogen-bond acceptors (Lipinski definition) is 24. The minimum Gasteiger partial charge on any atom is -0.521 e. The van der Waals surface area contributed by atoms with E-state index in [4.69, 9.17) is 48.9 Å². The second-order valence-electron chi connectivity index (χ2n) is 59.8. The van der Waals surface area contributed by atoms with Crippen molar-refractivity contribution in [2.45, 2.75) is 416 Å². The summed E-state index contributed by atoms with van der Waals surface area (Å²) in [4.78, 5) is 141. The van der Waals surface area contributed by atoms with Gasteiger partial charge in [-0.2, -0.15) is 0 Å². The topological polar surface area (TPSA) is 352 Å². The number of aliphatic hydroxyl groups excluding tert-OH is 2. The first-order chi connectivity index (χ1) is 68.8. The number of aldehydes is 1. The van der Waals surface area contributed by atoms with E-state index in [9.17, 15) is 58.5 Å². The van der Waals surface area contributed by atoms with E-state index in [0.717, 1.165) is 226 Å². The standard InChI is InChI=1S/C31H41NO6.C31H41NO5.C31H39NO5.C30H39NO5/c1-25(2)10-12-30-13-11-28(5)27(4)9-8-19-26(3,15-18-17-32-37-23(18)29(19,6)38-35-7)20(27)14-22(33)31(28,21(30)16-25)36-24(30)34;2*1-25(2)9-11-30-12-10-29(6)28(5)8-7-19-26(3,14-18-16-32-37-23(18)27(19,4)17-33)20(28)13-22(34)31(29,21(30)15-25)36-24(30)35;1-24(2)10-12-29-13-11-27(5)26(4)9-8-18-25(3,15-17(31-7)22(33)28(18,6)35)19(26)14-21(32)30(27,20(29)16-24)36-23(29)34/h14,17,19,21H,8-13,15-16H2,1-7H3;13,16,19,21,33H,7-12,14-15,17H2,1-6H3;13,16-17,19,21H,7-12,14-15H2,1-6H3;14,18,20,33,35H,8-13,15-16H2,1-6H3/t19-,21-,26+,27-,28+,29+,30+,31-;2*19-,21-,26+,27+,28-,29+,30+,31-;18-,20-,25+,26-,27+,28+,29+,30-/m1111/s1. The molecule has 7 heterocycles. The molecule has 32 atom stereocenters. The number of rotatable bonds is 4. The van der Waals surface area contributed by atoms with Crippen molar-refractivity contribution in [1.29, 1.82) is 0 Å². The van der Waals surface area contributed by atoms with Crippen molar-refractivity contribution in [1.82, 2.24) is 15.5 Å². The van der Waals surface area contributed by atoms with Crippen LogP contribution in [-0.4, -0.2) is 126 Å². The number of carbonyl (C=O) groups is 9. The molecule has 27 rings (SSSR count). The van der Waals surface area contributed by atoms with Crippen molar-refractivity contribution >= 4 is 53.3 Å². The highest BCUT2D eigenvalue weighted by Crippen LogP contribution is 2.86. The molecule has 148 heavy (non-hydrogen) atoms. The van der Waals surface area contributed by atoms with E-state index in [0.29, 0.717) is 30.8 Å². The number of aliphatic hydroxyl groups is 3. The summed E-state index contributed by atoms with van der Waals surface area (Å²) >= 11 is 0. The fraction of sp³-hybridized carbons (Fsp3) is 0.764. The molecule has 0 amide bonds. The Labute approximate surface area is 872 Å². The molecule has 4 aliphatic heterocycles. The van der Waals surface area contributed by atoms with Gasteiger partial charge in [-0.05, 0) is 334 Å². The number of nitrogens with zero attached hydrogens (tertiary/aromatic N) is 4. The first-order valence-corrected chi connectivity index (χ1v) is 56.4. The number of ether oxygens (including phenoxy) is 4. The van der Waals surface area contributed by atoms with Gasteiger partial charge in [-0.15, -0.1) is 0 Å². The van der Waals surface area contributed by atoms with E-state index in [1.54, 1.807) is 31.6 Å². The van der Waals surface area contributed by atoms with Gasteiger partial charge in [0.1, 0.15) is 23.4 Å². The molecule has 8 bridgehead atoms. The number of carbonyl (C=O) groups excluding carboxylic acids is 9. The maximum Gasteiger partial charge on any atom is 0.313 e. The Kier molecular flexibility index (Phi) is 20.4. The van der Waals surface area contributed by atoms with Crippen LogP contribution < -0.4 is 0 Å². The summed E-state index contributed by atoms with van der Waals surface area (Å²) in [5.74, 6) is 0.751. The zero-order chi connectivity index (χ0) is 106. The molecule has 3 N–H and O–H groups in total. The van der Waals surface area contributed by atoms with Gasteiger partial charge in [0, 0.05) is 73.9 Å². The Morgan fingerprint density at radius 2 is 0.655 bits per heavy atom. The summed E-state index contributed by atoms with van der Waals surface area (Å²) in [7, 11) is 1.53. The smallest absolute Gasteiger partial charge is 0.313 e. The Bertz CT molecular complexity index is 6660. The number of ketones is 4. The lowest BCUT2D eigenvalue weighted by atomic mass is 9.33. The van der Waals surface area contributed by atoms with Crippen LogP contribution in [0.25, 0.3) is 4.85 Å². The van der Waals surface area contributed by atoms with Crippen molar-refractivity contribution in [2.75, 3.05) is 13.7 Å². The first-order valence-electron chi connectivity index (χ1n) is 56.4. The summed E-state index contributed by atoms with van der Waals surface area (Å²) < 4.78 is 43.1. The van der Waals surface area contributed by atoms with E-state index in [2.05, 4.69) is 166 Å². The van der Waals surface area contributed by atoms with Crippen LogP contribution in [0.2, 0.25) is 0 Å². The normalized spacial score (nSPS) is 51.3. The Balaban J connectivity index is 0.000000105. The monoisotopic (exact) mass is 2030 g/mol. The number of hydrogen-bond donors (Lipinski definition) is 3. The highest BCUT2D eigenvalue weighted by molar-refractivity contribution is 6.08. The average Bonchev–Trinajstić information content (AvgIpc) is 1.41. The molecule has 4 spiro atoms. The Morgan fingerprint density at radius 1 is 0.372 bits per heavy atom. The molecule has 25 heteroatoms. The Morgan fingerprint density at radius 3 is 0.986 bits per heavy atom. The van der Waals surface area contributed by atoms with Gasteiger partial charge in [-0.25, -0.2) is 14.6 Å². The van der Waals surface area contributed by atoms with Crippen LogP contribution in [0.15, 0.2) is 90.2 Å². The minimum absolute atomic E-state index is 0.00236. The van der Waals surface area contributed by atoms with Crippen molar-refractivity contribution in [2.24, 2.45) is 156 Å². The van der Waals surface area contributed by atoms with E-state index in [1.807, 2.05) is 32.1 Å². The van der Waals surface area contributed by atoms with Crippen LogP contribution in [0.4, 0.5) is 0 Å². The quantitative estimate of drug-likeness (QED) is 0.0545. The fourth-order valence-electron chi connectivity index (χ4n) is 43.4. The second kappa shape index (κ2) is 29.7. The third-order valence-corrected chi connectivity index (χ3v) is 52.1. The molecule has 3 aromatic rings. The predicted octanol–water partition coefficient (Wildman–Crippen LogP) is 22.4. The summed E-state index contributed by atoms with van der Waals surface area (Å²) in [6.45, 7) is 60.6. The van der Waals surface area contributed by atoms with Crippen LogP contribution >= 0.6 is 0 Å². The van der Waals surface area contributed by atoms with Gasteiger partial charge in [0.15, 0.2) is 62.7 Å². The van der Waals surface area contributed by atoms with Gasteiger partial charge in [0.2, 0.25) is 5.70 Å². The number of aromatic nitrogens is 3. The van der Waals surface area contributed by atoms with Gasteiger partial charge in [0.25, 0.3) is 0 Å². The zero-order valence-electron chi connectivity index (χ0n) is 92.6. The van der Waals surface area contributed by atoms with Gasteiger partial charge in [0.05, 0.1) is 71.4 Å². The molecule has 25 nitrogen and oxygen atoms in total. The zero-order valence-corrected chi connectivity index (χ0v) is 92.6. The second-order valence-corrected chi connectivity index (χ2v) is 59.8. The molecule has 12 saturated carbocycles. The molecule has 0 aromatic carbocycles. The molecular formula is C123H160N4O21. The van der Waals surface area contributed by atoms with E-state index >= 15 is 0 Å². The van der Waals surface area contributed by atoms with Crippen molar-refractivity contribution in [3.63, 3.8) is 0 Å². The highest BCUT2D eigenvalue weighted by Gasteiger charge is 2.90. The first kappa shape index (κ1) is 102. The molecular weight excluding hydrogens is 1870 g/mol. The summed E-state index contributed by atoms with van der Waals surface area (Å²) in [6, 6.07) is 0. The van der Waals surface area contributed by atoms with Crippen LogP contribution in [0, 0.1) is 162 Å². The molecule has 4 saturated heterocycles. The van der Waals surface area contributed by atoms with Gasteiger partial charge in [-0.1, -0.05) is 176 Å². The summed E-state index contributed by atoms with van der Waals surface area (Å²) in [5, 5.41) is 45.2. The molecule has 0 unspecified atom stereocenters. The van der Waals surface area contributed by atoms with Gasteiger partial charge >= 0.3 is 23.9 Å². The van der Waals surface area contributed by atoms with Crippen molar-refractivity contribution in [3.8, 4) is 0 Å². The van der Waals surface area contributed by atoms with Gasteiger partial charge in [-0.3, -0.25) is 38.4 Å². The Hall–Kier alpha value is -8.31. The molecule has 20 aliphatic carbocycles. The third-order valence-electron chi connectivity index (χ3n) is 52.1. The van der Waals surface area contributed by atoms with Crippen LogP contribution in [0.3, 0.4) is 0 Å². The van der Waals surface area contributed by atoms with Crippen molar-refractivity contribution in [3.05, 3.63) is 122 Å². The van der Waals surface area contributed by atoms with E-state index in [1.165, 1.54) is 18.3 Å². The lowest BCUT2D eigenvalue weighted by molar-refractivity contribution is -0.376. The van der Waals surface area contributed by atoms with E-state index in [-0.39, 0.29) is 161 Å². The minimum atomic E-state index is -1.54. The van der Waals surface area contributed by atoms with E-state index < -0.39 is 104 Å². The SMILES string of the molecule is CC1(C)CC[C@@]23CC[C@@]4(C)[C@]5(C)CC[C@@H]6[C@](C)(Cc7cnoc7[C@@]6(C)C=O)C5=CC(=O)[C@]4(OC2=O)[C@@H]3C1.CC1(C)CC[C@@]23CC[C@@]4(C)[C@]5(C)CC[C@@H]6[C@](C)(Cc7cnoc7[C@@]6(C)CO)C5=CC(=O)[C@]4(OC2=O)[C@@H]3C1.COO[C@]1(C)c2oncc2C[C@]2(C)C3=CC(=O)[C@]45OC(=O)[C@@]6(CCC(C)(C)C[C@H]64)CC[C@@]5(C)[C@]3(C)CC[C@H]21.[C-]#[N+]C1=C(O)[C@@](C)(O)[C@@H]2CC[C@]3(C)C(=CC(=O)[C@]45OC(=O)[C@@]6(CCC(C)(C)C[C@H]64)CC[C@@]35C)[C@@]2(C)C1. The highest BCUT2D eigenvalue weighted by atomic mass is 17.2. The number of allylic oxidation sites excluding steroid dienone is 5. The average molecular weight is 2030 g/mol. The molecule has 3 aromatic heterocycles. The predicted molar refractivity (Wildman–Crippen MR) is 542 cm³/mol. The van der Waals surface area contributed by atoms with Crippen molar-refractivity contribution < 1.29 is 101 Å². The van der Waals surface area contributed by atoms with Gasteiger partial charge < -0.3 is 52.6 Å². The van der Waals surface area contributed by atoms with Crippen LogP contribution in [0.1, 0.15) is 386 Å². The van der Waals surface area contributed by atoms with Crippen LogP contribution in [0.5, 0.6) is 0 Å². The summed E-state index contributed by atoms with van der Waals surface area (Å²) in [5.41, 5.74) is -7.60. The van der Waals surface area contributed by atoms with Crippen LogP contribution in [-0.2, 0) is 108 Å². The summed E-state index contributed by atoms with van der Waals surface area (Å²) in [6.07, 6.45) is 39.8. The molecule has 798 valence electrons. The maximum absolute atomic E-state index is 14.7.